The van der Waals surface area contributed by atoms with Crippen LogP contribution in [0.25, 0.3) is 22.3 Å². The van der Waals surface area contributed by atoms with Crippen LogP contribution in [0.15, 0.2) is 35.2 Å². The highest BCUT2D eigenvalue weighted by Gasteiger charge is 2.64. The maximum absolute atomic E-state index is 13.7. The van der Waals surface area contributed by atoms with Crippen molar-refractivity contribution >= 4 is 42.7 Å². The van der Waals surface area contributed by atoms with E-state index in [9.17, 15) is 30.0 Å². The van der Waals surface area contributed by atoms with Gasteiger partial charge in [0.25, 0.3) is 0 Å². The van der Waals surface area contributed by atoms with E-state index >= 15 is 0 Å². The number of hydrogen-bond donors (Lipinski definition) is 3. The van der Waals surface area contributed by atoms with Gasteiger partial charge in [-0.1, -0.05) is 0 Å². The van der Waals surface area contributed by atoms with E-state index in [-0.39, 0.29) is 58.5 Å². The average Bonchev–Trinajstić information content (AvgIpc) is 3.58. The fourth-order valence-corrected chi connectivity index (χ4v) is 4.85. The Labute approximate surface area is 210 Å². The molecule has 1 aliphatic carbocycles. The van der Waals surface area contributed by atoms with E-state index in [0.717, 1.165) is 6.26 Å². The third-order valence-electron chi connectivity index (χ3n) is 5.72. The summed E-state index contributed by atoms with van der Waals surface area (Å²) in [6, 6.07) is 7.40. The number of fused-ring (bicyclic) bond motifs is 1. The Kier molecular flexibility index (Phi) is 6.71. The predicted molar refractivity (Wildman–Crippen MR) is 131 cm³/mol. The molecule has 0 unspecified atom stereocenters. The van der Waals surface area contributed by atoms with Crippen molar-refractivity contribution in [1.82, 2.24) is 15.0 Å². The van der Waals surface area contributed by atoms with E-state index in [0.29, 0.717) is 5.56 Å². The van der Waals surface area contributed by atoms with Crippen molar-refractivity contribution in [1.29, 1.82) is 0 Å². The Morgan fingerprint density at radius 1 is 1.08 bits per heavy atom. The van der Waals surface area contributed by atoms with Gasteiger partial charge in [0, 0.05) is 18.4 Å². The second-order valence-electron chi connectivity index (χ2n) is 8.60. The Hall–Kier alpha value is -3.24. The van der Waals surface area contributed by atoms with Crippen molar-refractivity contribution in [3.8, 4) is 17.0 Å². The van der Waals surface area contributed by atoms with E-state index in [4.69, 9.17) is 9.88 Å². The van der Waals surface area contributed by atoms with Crippen LogP contribution >= 0.6 is 0 Å². The van der Waals surface area contributed by atoms with Crippen LogP contribution < -0.4 is 20.5 Å². The van der Waals surface area contributed by atoms with E-state index in [1.807, 2.05) is 0 Å². The summed E-state index contributed by atoms with van der Waals surface area (Å²) in [5, 5.41) is 10.1. The second-order valence-corrected chi connectivity index (χ2v) is 12.3. The van der Waals surface area contributed by atoms with E-state index < -0.39 is 37.3 Å². The molecule has 200 valence electrons. The molecule has 0 amide bonds. The molecule has 16 heteroatoms. The number of sulfonamides is 1. The van der Waals surface area contributed by atoms with Crippen molar-refractivity contribution in [2.24, 2.45) is 5.14 Å². The molecule has 1 aromatic carbocycles. The number of nitrogens with two attached hydrogens (primary N) is 1. The first kappa shape index (κ1) is 26.8. The first-order chi connectivity index (χ1) is 17.1. The van der Waals surface area contributed by atoms with Crippen LogP contribution in [0.3, 0.4) is 0 Å². The number of rotatable bonds is 9. The number of aromatic nitrogens is 3. The third kappa shape index (κ3) is 5.86. The Balaban J connectivity index is 1.81. The number of benzene rings is 1. The van der Waals surface area contributed by atoms with Gasteiger partial charge in [0.2, 0.25) is 16.0 Å². The molecule has 0 saturated heterocycles. The lowest BCUT2D eigenvalue weighted by Crippen LogP contribution is -2.39. The molecule has 0 aliphatic heterocycles. The Bertz CT molecular complexity index is 1580. The fourth-order valence-electron chi connectivity index (χ4n) is 3.60. The van der Waals surface area contributed by atoms with Crippen molar-refractivity contribution in [3.05, 3.63) is 30.3 Å². The van der Waals surface area contributed by atoms with Gasteiger partial charge >= 0.3 is 6.18 Å². The second kappa shape index (κ2) is 9.25. The monoisotopic (exact) mass is 560 g/mol. The Morgan fingerprint density at radius 3 is 2.35 bits per heavy atom. The zero-order valence-electron chi connectivity index (χ0n) is 19.6. The summed E-state index contributed by atoms with van der Waals surface area (Å²) in [6.45, 7) is -0.167. The van der Waals surface area contributed by atoms with Gasteiger partial charge in [0.05, 0.1) is 24.1 Å². The first-order valence-corrected chi connectivity index (χ1v) is 14.4. The maximum Gasteiger partial charge on any atom is 0.411 e. The molecule has 1 fully saturated rings. The quantitative estimate of drug-likeness (QED) is 0.353. The first-order valence-electron chi connectivity index (χ1n) is 10.8. The van der Waals surface area contributed by atoms with Crippen LogP contribution in [0.5, 0.6) is 5.75 Å². The van der Waals surface area contributed by atoms with Gasteiger partial charge in [-0.3, -0.25) is 0 Å². The zero-order chi connectivity index (χ0) is 27.2. The summed E-state index contributed by atoms with van der Waals surface area (Å²) in [6.07, 6.45) is -3.85. The van der Waals surface area contributed by atoms with Crippen LogP contribution in [-0.4, -0.2) is 69.2 Å². The van der Waals surface area contributed by atoms with Gasteiger partial charge in [-0.2, -0.15) is 18.2 Å². The number of nitrogens with zero attached hydrogens (tertiary/aromatic N) is 3. The summed E-state index contributed by atoms with van der Waals surface area (Å²) in [4.78, 5) is 12.7. The number of ether oxygens (including phenoxy) is 1. The number of anilines is 2. The molecule has 4 rings (SSSR count). The van der Waals surface area contributed by atoms with E-state index in [1.54, 1.807) is 6.07 Å². The third-order valence-corrected chi connectivity index (χ3v) is 7.61. The smallest absolute Gasteiger partial charge is 0.411 e. The molecule has 4 N–H and O–H groups in total. The molecule has 3 aromatic rings. The summed E-state index contributed by atoms with van der Waals surface area (Å²) < 4.78 is 93.1. The number of hydrogen-bond acceptors (Lipinski definition) is 10. The molecule has 2 aromatic heterocycles. The zero-order valence-corrected chi connectivity index (χ0v) is 21.3. The van der Waals surface area contributed by atoms with Crippen molar-refractivity contribution in [2.75, 3.05) is 36.3 Å². The molecule has 1 aliphatic rings. The lowest BCUT2D eigenvalue weighted by Gasteiger charge is -2.22. The van der Waals surface area contributed by atoms with Gasteiger partial charge < -0.3 is 15.4 Å². The van der Waals surface area contributed by atoms with Gasteiger partial charge in [-0.05, 0) is 43.2 Å². The number of halogens is 3. The molecule has 0 atom stereocenters. The van der Waals surface area contributed by atoms with Crippen LogP contribution in [0.4, 0.5) is 24.9 Å². The molecule has 37 heavy (non-hydrogen) atoms. The molecular formula is C21H23F3N6O5S2. The van der Waals surface area contributed by atoms with Crippen LogP contribution in [0.2, 0.25) is 0 Å². The number of nitrogens with one attached hydrogen (secondary N) is 2. The molecule has 0 spiro atoms. The average molecular weight is 561 g/mol. The van der Waals surface area contributed by atoms with Gasteiger partial charge in [0.1, 0.15) is 21.7 Å². The van der Waals surface area contributed by atoms with Crippen LogP contribution in [-0.2, 0) is 19.9 Å². The van der Waals surface area contributed by atoms with Gasteiger partial charge in [-0.25, -0.2) is 31.9 Å². The van der Waals surface area contributed by atoms with Crippen molar-refractivity contribution in [3.63, 3.8) is 0 Å². The number of methoxy groups -OCH3 is 1. The largest absolute Gasteiger partial charge is 0.495 e. The number of alkyl halides is 3. The van der Waals surface area contributed by atoms with Crippen molar-refractivity contribution < 1.29 is 34.7 Å². The topological polar surface area (TPSA) is 166 Å². The number of sulfone groups is 1. The summed E-state index contributed by atoms with van der Waals surface area (Å²) in [7, 11) is -6.12. The predicted octanol–water partition coefficient (Wildman–Crippen LogP) is 2.31. The molecule has 11 nitrogen and oxygen atoms in total. The van der Waals surface area contributed by atoms with Gasteiger partial charge in [-0.15, -0.1) is 0 Å². The molecule has 2 heterocycles. The minimum atomic E-state index is -4.55. The molecule has 0 radical (unpaired) electrons. The lowest BCUT2D eigenvalue weighted by atomic mass is 10.1. The highest BCUT2D eigenvalue weighted by Crippen LogP contribution is 2.51. The highest BCUT2D eigenvalue weighted by atomic mass is 32.2. The summed E-state index contributed by atoms with van der Waals surface area (Å²) in [5.74, 6) is -0.638. The lowest BCUT2D eigenvalue weighted by molar-refractivity contribution is -0.151. The highest BCUT2D eigenvalue weighted by molar-refractivity contribution is 7.90. The minimum Gasteiger partial charge on any atom is -0.495 e. The Morgan fingerprint density at radius 2 is 1.78 bits per heavy atom. The molecular weight excluding hydrogens is 537 g/mol. The van der Waals surface area contributed by atoms with E-state index in [2.05, 4.69) is 25.6 Å². The number of primary sulfonamides is 1. The maximum atomic E-state index is 13.7. The molecule has 0 bridgehead atoms. The van der Waals surface area contributed by atoms with Gasteiger partial charge in [0.15, 0.2) is 15.7 Å². The molecule has 1 saturated carbocycles. The minimum absolute atomic E-state index is 0.0155. The SMILES string of the molecule is COc1ccc(-c2ccc3nc(NCCS(N)(=O)=O)nc(NC4(C(F)(F)F)CC4)c3n2)cc1S(C)(=O)=O. The van der Waals surface area contributed by atoms with Crippen LogP contribution in [0.1, 0.15) is 12.8 Å². The van der Waals surface area contributed by atoms with Crippen LogP contribution in [0, 0.1) is 0 Å². The van der Waals surface area contributed by atoms with Crippen molar-refractivity contribution in [2.45, 2.75) is 29.5 Å². The summed E-state index contributed by atoms with van der Waals surface area (Å²) >= 11 is 0. The summed E-state index contributed by atoms with van der Waals surface area (Å²) in [5.41, 5.74) is -1.34. The van der Waals surface area contributed by atoms with E-state index in [1.165, 1.54) is 31.4 Å². The fraction of sp³-hybridized carbons (Fsp3) is 0.381. The standard InChI is InChI=1S/C21H23F3N6O5S2/c1-35-15-6-3-12(11-16(15)36(2,31)32)13-4-5-14-17(27-13)18(30-20(7-8-20)21(22,23)24)29-19(28-14)26-9-10-37(25,33)34/h3-6,11H,7-10H2,1-2H3,(H2,25,33,34)(H2,26,28,29,30). The number of pyridine rings is 1. The normalized spacial score (nSPS) is 15.4.